The largest absolute Gasteiger partial charge is 0.325 e. The van der Waals surface area contributed by atoms with Crippen LogP contribution in [0.1, 0.15) is 24.8 Å². The standard InChI is InChI=1S/C21H25Cl2N3O3S/c1-25(2)30(28,29)17-7-5-6-15(12-17)14-26-11-4-3-8-20(26)21(27)24-16-9-10-18(22)19(23)13-16/h5-7,9-10,12-13,20H,3-4,8,11,14H2,1-2H3,(H,24,27). The van der Waals surface area contributed by atoms with E-state index in [2.05, 4.69) is 10.2 Å². The van der Waals surface area contributed by atoms with Gasteiger partial charge < -0.3 is 5.32 Å². The van der Waals surface area contributed by atoms with Crippen molar-refractivity contribution >= 4 is 44.8 Å². The Labute approximate surface area is 187 Å². The fourth-order valence-electron chi connectivity index (χ4n) is 3.53. The van der Waals surface area contributed by atoms with E-state index >= 15 is 0 Å². The van der Waals surface area contributed by atoms with Crippen LogP contribution in [0.2, 0.25) is 10.0 Å². The summed E-state index contributed by atoms with van der Waals surface area (Å²) in [5, 5.41) is 3.73. The van der Waals surface area contributed by atoms with Crippen LogP contribution in [-0.2, 0) is 21.4 Å². The zero-order chi connectivity index (χ0) is 21.9. The minimum absolute atomic E-state index is 0.106. The van der Waals surface area contributed by atoms with Gasteiger partial charge in [0.2, 0.25) is 15.9 Å². The fourth-order valence-corrected chi connectivity index (χ4v) is 4.80. The van der Waals surface area contributed by atoms with E-state index in [1.54, 1.807) is 36.4 Å². The number of likely N-dealkylation sites (tertiary alicyclic amines) is 1. The summed E-state index contributed by atoms with van der Waals surface area (Å²) in [6, 6.07) is 11.6. The number of carbonyl (C=O) groups is 1. The van der Waals surface area contributed by atoms with Gasteiger partial charge in [0, 0.05) is 26.3 Å². The Bertz CT molecular complexity index is 1030. The third-order valence-corrected chi connectivity index (χ3v) is 7.72. The number of nitrogens with one attached hydrogen (secondary N) is 1. The molecule has 0 saturated carbocycles. The number of halogens is 2. The molecule has 6 nitrogen and oxygen atoms in total. The first-order valence-electron chi connectivity index (χ1n) is 9.70. The Morgan fingerprint density at radius 3 is 2.60 bits per heavy atom. The second-order valence-electron chi connectivity index (χ2n) is 7.54. The molecule has 1 fully saturated rings. The number of hydrogen-bond donors (Lipinski definition) is 1. The minimum atomic E-state index is -3.51. The highest BCUT2D eigenvalue weighted by molar-refractivity contribution is 7.89. The molecule has 1 amide bonds. The molecular weight excluding hydrogens is 445 g/mol. The Balaban J connectivity index is 1.76. The number of hydrogen-bond acceptors (Lipinski definition) is 4. The Hall–Kier alpha value is -1.64. The molecule has 1 aliphatic rings. The van der Waals surface area contributed by atoms with Crippen molar-refractivity contribution in [2.24, 2.45) is 0 Å². The van der Waals surface area contributed by atoms with Gasteiger partial charge >= 0.3 is 0 Å². The van der Waals surface area contributed by atoms with E-state index < -0.39 is 10.0 Å². The Kier molecular flexibility index (Phi) is 7.42. The van der Waals surface area contributed by atoms with E-state index in [0.29, 0.717) is 22.3 Å². The quantitative estimate of drug-likeness (QED) is 0.686. The smallest absolute Gasteiger partial charge is 0.242 e. The summed E-state index contributed by atoms with van der Waals surface area (Å²) in [6.07, 6.45) is 2.69. The SMILES string of the molecule is CN(C)S(=O)(=O)c1cccc(CN2CCCCC2C(=O)Nc2ccc(Cl)c(Cl)c2)c1. The Morgan fingerprint density at radius 2 is 1.90 bits per heavy atom. The highest BCUT2D eigenvalue weighted by Crippen LogP contribution is 2.27. The van der Waals surface area contributed by atoms with E-state index in [4.69, 9.17) is 23.2 Å². The maximum absolute atomic E-state index is 12.9. The lowest BCUT2D eigenvalue weighted by atomic mass is 10.00. The average molecular weight is 470 g/mol. The van der Waals surface area contributed by atoms with Gasteiger partial charge in [-0.25, -0.2) is 12.7 Å². The van der Waals surface area contributed by atoms with Crippen molar-refractivity contribution in [1.82, 2.24) is 9.21 Å². The molecule has 0 aromatic heterocycles. The van der Waals surface area contributed by atoms with Gasteiger partial charge in [-0.2, -0.15) is 0 Å². The minimum Gasteiger partial charge on any atom is -0.325 e. The van der Waals surface area contributed by atoms with Gasteiger partial charge in [-0.1, -0.05) is 41.8 Å². The number of sulfonamides is 1. The molecule has 162 valence electrons. The summed E-state index contributed by atoms with van der Waals surface area (Å²) in [7, 11) is -0.486. The summed E-state index contributed by atoms with van der Waals surface area (Å²) in [5.41, 5.74) is 1.45. The van der Waals surface area contributed by atoms with Crippen molar-refractivity contribution < 1.29 is 13.2 Å². The maximum atomic E-state index is 12.9. The van der Waals surface area contributed by atoms with Crippen LogP contribution >= 0.6 is 23.2 Å². The van der Waals surface area contributed by atoms with Crippen LogP contribution < -0.4 is 5.32 Å². The molecule has 1 unspecified atom stereocenters. The van der Waals surface area contributed by atoms with Crippen molar-refractivity contribution in [1.29, 1.82) is 0 Å². The van der Waals surface area contributed by atoms with E-state index in [-0.39, 0.29) is 16.8 Å². The molecule has 9 heteroatoms. The third-order valence-electron chi connectivity index (χ3n) is 5.17. The number of amides is 1. The van der Waals surface area contributed by atoms with Crippen LogP contribution in [0.4, 0.5) is 5.69 Å². The fraction of sp³-hybridized carbons (Fsp3) is 0.381. The summed E-state index contributed by atoms with van der Waals surface area (Å²) < 4.78 is 26.1. The molecule has 3 rings (SSSR count). The first-order valence-corrected chi connectivity index (χ1v) is 11.9. The topological polar surface area (TPSA) is 69.7 Å². The molecule has 0 bridgehead atoms. The van der Waals surface area contributed by atoms with Crippen LogP contribution in [0.25, 0.3) is 0 Å². The van der Waals surface area contributed by atoms with Gasteiger partial charge in [-0.3, -0.25) is 9.69 Å². The van der Waals surface area contributed by atoms with Gasteiger partial charge in [0.05, 0.1) is 21.0 Å². The summed E-state index contributed by atoms with van der Waals surface area (Å²) >= 11 is 12.0. The molecule has 1 atom stereocenters. The van der Waals surface area contributed by atoms with Gasteiger partial charge in [0.1, 0.15) is 0 Å². The van der Waals surface area contributed by atoms with Crippen LogP contribution in [-0.4, -0.2) is 50.2 Å². The molecule has 30 heavy (non-hydrogen) atoms. The van der Waals surface area contributed by atoms with Gasteiger partial charge in [-0.05, 0) is 55.3 Å². The number of carbonyl (C=O) groups excluding carboxylic acids is 1. The zero-order valence-electron chi connectivity index (χ0n) is 16.9. The normalized spacial score (nSPS) is 17.8. The molecule has 0 aliphatic carbocycles. The maximum Gasteiger partial charge on any atom is 0.242 e. The monoisotopic (exact) mass is 469 g/mol. The summed E-state index contributed by atoms with van der Waals surface area (Å²) in [5.74, 6) is -0.106. The number of piperidine rings is 1. The molecule has 0 spiro atoms. The lowest BCUT2D eigenvalue weighted by Crippen LogP contribution is -2.46. The average Bonchev–Trinajstić information content (AvgIpc) is 2.71. The number of anilines is 1. The summed E-state index contributed by atoms with van der Waals surface area (Å²) in [4.78, 5) is 15.3. The van der Waals surface area contributed by atoms with Crippen LogP contribution in [0, 0.1) is 0 Å². The molecule has 1 saturated heterocycles. The van der Waals surface area contributed by atoms with E-state index in [0.717, 1.165) is 31.4 Å². The first kappa shape index (κ1) is 23.0. The number of nitrogens with zero attached hydrogens (tertiary/aromatic N) is 2. The second-order valence-corrected chi connectivity index (χ2v) is 10.5. The Morgan fingerprint density at radius 1 is 1.13 bits per heavy atom. The van der Waals surface area contributed by atoms with Gasteiger partial charge in [0.15, 0.2) is 0 Å². The van der Waals surface area contributed by atoms with E-state index in [1.807, 2.05) is 6.07 Å². The molecule has 1 heterocycles. The molecule has 1 aliphatic heterocycles. The van der Waals surface area contributed by atoms with Crippen LogP contribution in [0.5, 0.6) is 0 Å². The molecule has 0 radical (unpaired) electrons. The predicted octanol–water partition coefficient (Wildman–Crippen LogP) is 4.24. The van der Waals surface area contributed by atoms with Crippen molar-refractivity contribution in [3.8, 4) is 0 Å². The van der Waals surface area contributed by atoms with E-state index in [9.17, 15) is 13.2 Å². The summed E-state index contributed by atoms with van der Waals surface area (Å²) in [6.45, 7) is 1.26. The molecule has 1 N–H and O–H groups in total. The number of benzene rings is 2. The van der Waals surface area contributed by atoms with Crippen LogP contribution in [0.3, 0.4) is 0 Å². The molecule has 2 aromatic rings. The highest BCUT2D eigenvalue weighted by atomic mass is 35.5. The van der Waals surface area contributed by atoms with Crippen molar-refractivity contribution in [3.05, 3.63) is 58.1 Å². The van der Waals surface area contributed by atoms with Crippen LogP contribution in [0.15, 0.2) is 47.4 Å². The first-order chi connectivity index (χ1) is 14.2. The van der Waals surface area contributed by atoms with Gasteiger partial charge in [-0.15, -0.1) is 0 Å². The molecule has 2 aromatic carbocycles. The lowest BCUT2D eigenvalue weighted by Gasteiger charge is -2.34. The van der Waals surface area contributed by atoms with Crippen molar-refractivity contribution in [2.75, 3.05) is 26.0 Å². The van der Waals surface area contributed by atoms with Crippen molar-refractivity contribution in [2.45, 2.75) is 36.7 Å². The lowest BCUT2D eigenvalue weighted by molar-refractivity contribution is -0.122. The second kappa shape index (κ2) is 9.66. The predicted molar refractivity (Wildman–Crippen MR) is 120 cm³/mol. The van der Waals surface area contributed by atoms with Crippen molar-refractivity contribution in [3.63, 3.8) is 0 Å². The van der Waals surface area contributed by atoms with Gasteiger partial charge in [0.25, 0.3) is 0 Å². The molecular formula is C21H25Cl2N3O3S. The highest BCUT2D eigenvalue weighted by Gasteiger charge is 2.29. The zero-order valence-corrected chi connectivity index (χ0v) is 19.3. The number of rotatable bonds is 6. The third kappa shape index (κ3) is 5.34. The van der Waals surface area contributed by atoms with E-state index in [1.165, 1.54) is 18.4 Å².